The van der Waals surface area contributed by atoms with Gasteiger partial charge in [-0.3, -0.25) is 4.79 Å². The Kier molecular flexibility index (Phi) is 4.91. The minimum Gasteiger partial charge on any atom is -0.339 e. The third kappa shape index (κ3) is 3.75. The zero-order valence-electron chi connectivity index (χ0n) is 11.9. The van der Waals surface area contributed by atoms with Crippen LogP contribution in [0.25, 0.3) is 0 Å². The molecule has 0 atom stereocenters. The Balaban J connectivity index is 2.42. The molecule has 1 aromatic rings. The van der Waals surface area contributed by atoms with Crippen molar-refractivity contribution in [3.05, 3.63) is 28.3 Å². The lowest BCUT2D eigenvalue weighted by atomic mass is 10.1. The highest BCUT2D eigenvalue weighted by Gasteiger charge is 2.22. The van der Waals surface area contributed by atoms with E-state index >= 15 is 0 Å². The molecule has 21 heavy (non-hydrogen) atoms. The number of benzene rings is 1. The Labute approximate surface area is 130 Å². The van der Waals surface area contributed by atoms with Crippen LogP contribution in [-0.2, 0) is 10.0 Å². The molecule has 1 aromatic carbocycles. The number of hydrogen-bond donors (Lipinski definition) is 1. The molecule has 5 nitrogen and oxygen atoms in total. The predicted octanol–water partition coefficient (Wildman–Crippen LogP) is 2.31. The van der Waals surface area contributed by atoms with E-state index in [1.54, 1.807) is 11.8 Å². The third-order valence-electron chi connectivity index (χ3n) is 3.77. The van der Waals surface area contributed by atoms with E-state index in [9.17, 15) is 13.2 Å². The number of sulfonamides is 1. The van der Waals surface area contributed by atoms with Gasteiger partial charge in [0.15, 0.2) is 0 Å². The van der Waals surface area contributed by atoms with Crippen molar-refractivity contribution in [3.63, 3.8) is 0 Å². The number of nitrogens with zero attached hydrogens (tertiary/aromatic N) is 1. The molecule has 0 aliphatic carbocycles. The second-order valence-electron chi connectivity index (χ2n) is 5.33. The van der Waals surface area contributed by atoms with Crippen molar-refractivity contribution < 1.29 is 13.2 Å². The van der Waals surface area contributed by atoms with Crippen LogP contribution in [0.1, 0.15) is 41.6 Å². The van der Waals surface area contributed by atoms with Crippen LogP contribution < -0.4 is 5.14 Å². The van der Waals surface area contributed by atoms with Crippen molar-refractivity contribution in [2.45, 2.75) is 37.5 Å². The quantitative estimate of drug-likeness (QED) is 0.903. The molecule has 0 radical (unpaired) electrons. The van der Waals surface area contributed by atoms with Gasteiger partial charge in [-0.1, -0.05) is 24.4 Å². The second kappa shape index (κ2) is 6.34. The molecule has 1 fully saturated rings. The van der Waals surface area contributed by atoms with Gasteiger partial charge in [-0.2, -0.15) is 0 Å². The number of nitrogens with two attached hydrogens (primary N) is 1. The maximum absolute atomic E-state index is 12.6. The van der Waals surface area contributed by atoms with E-state index in [0.717, 1.165) is 25.7 Å². The van der Waals surface area contributed by atoms with Crippen molar-refractivity contribution >= 4 is 27.5 Å². The summed E-state index contributed by atoms with van der Waals surface area (Å²) in [6.45, 7) is 3.09. The number of carbonyl (C=O) groups excluding carboxylic acids is 1. The van der Waals surface area contributed by atoms with Crippen molar-refractivity contribution in [2.75, 3.05) is 13.1 Å². The van der Waals surface area contributed by atoms with Gasteiger partial charge in [0.05, 0.1) is 4.90 Å². The summed E-state index contributed by atoms with van der Waals surface area (Å²) >= 11 is 6.05. The summed E-state index contributed by atoms with van der Waals surface area (Å²) in [5.41, 5.74) is 0.895. The third-order valence-corrected chi connectivity index (χ3v) is 5.06. The minimum atomic E-state index is -3.89. The minimum absolute atomic E-state index is 0.128. The largest absolute Gasteiger partial charge is 0.339 e. The Morgan fingerprint density at radius 3 is 2.29 bits per heavy atom. The Morgan fingerprint density at radius 1 is 1.19 bits per heavy atom. The van der Waals surface area contributed by atoms with Gasteiger partial charge in [-0.05, 0) is 37.5 Å². The SMILES string of the molecule is Cc1c(Cl)cc(S(N)(=O)=O)cc1C(=O)N1CCCCCC1. The zero-order valence-corrected chi connectivity index (χ0v) is 13.5. The molecule has 1 aliphatic rings. The average molecular weight is 331 g/mol. The smallest absolute Gasteiger partial charge is 0.254 e. The maximum Gasteiger partial charge on any atom is 0.254 e. The lowest BCUT2D eigenvalue weighted by Crippen LogP contribution is -2.32. The average Bonchev–Trinajstić information content (AvgIpc) is 2.68. The lowest BCUT2D eigenvalue weighted by Gasteiger charge is -2.22. The topological polar surface area (TPSA) is 80.5 Å². The van der Waals surface area contributed by atoms with Gasteiger partial charge in [0, 0.05) is 23.7 Å². The van der Waals surface area contributed by atoms with Crippen molar-refractivity contribution in [1.82, 2.24) is 4.90 Å². The van der Waals surface area contributed by atoms with Crippen LogP contribution in [0, 0.1) is 6.92 Å². The summed E-state index contributed by atoms with van der Waals surface area (Å²) in [5, 5.41) is 5.37. The summed E-state index contributed by atoms with van der Waals surface area (Å²) in [6, 6.07) is 2.61. The highest BCUT2D eigenvalue weighted by atomic mass is 35.5. The molecule has 1 heterocycles. The number of carbonyl (C=O) groups is 1. The number of rotatable bonds is 2. The molecule has 2 rings (SSSR count). The summed E-state index contributed by atoms with van der Waals surface area (Å²) in [6.07, 6.45) is 4.16. The number of primary sulfonamides is 1. The standard InChI is InChI=1S/C14H19ClN2O3S/c1-10-12(8-11(9-13(10)15)21(16,19)20)14(18)17-6-4-2-3-5-7-17/h8-9H,2-7H2,1H3,(H2,16,19,20). The van der Waals surface area contributed by atoms with Gasteiger partial charge in [-0.15, -0.1) is 0 Å². The van der Waals surface area contributed by atoms with Crippen LogP contribution >= 0.6 is 11.6 Å². The molecule has 116 valence electrons. The van der Waals surface area contributed by atoms with E-state index in [0.29, 0.717) is 24.2 Å². The van der Waals surface area contributed by atoms with Gasteiger partial charge >= 0.3 is 0 Å². The first-order valence-corrected chi connectivity index (χ1v) is 8.85. The van der Waals surface area contributed by atoms with Crippen LogP contribution in [0.15, 0.2) is 17.0 Å². The van der Waals surface area contributed by atoms with Crippen LogP contribution in [-0.4, -0.2) is 32.3 Å². The van der Waals surface area contributed by atoms with E-state index < -0.39 is 10.0 Å². The monoisotopic (exact) mass is 330 g/mol. The van der Waals surface area contributed by atoms with Crippen molar-refractivity contribution in [3.8, 4) is 0 Å². The van der Waals surface area contributed by atoms with E-state index in [1.165, 1.54) is 12.1 Å². The number of hydrogen-bond acceptors (Lipinski definition) is 3. The predicted molar refractivity (Wildman–Crippen MR) is 81.9 cm³/mol. The Morgan fingerprint density at radius 2 is 1.76 bits per heavy atom. The van der Waals surface area contributed by atoms with Crippen LogP contribution in [0.4, 0.5) is 0 Å². The molecule has 0 spiro atoms. The first kappa shape index (κ1) is 16.3. The van der Waals surface area contributed by atoms with Gasteiger partial charge in [0.2, 0.25) is 10.0 Å². The molecule has 1 aliphatic heterocycles. The van der Waals surface area contributed by atoms with Gasteiger partial charge in [0.1, 0.15) is 0 Å². The summed E-state index contributed by atoms with van der Waals surface area (Å²) in [5.74, 6) is -0.179. The molecule has 7 heteroatoms. The molecule has 0 bridgehead atoms. The van der Waals surface area contributed by atoms with Crippen molar-refractivity contribution in [1.29, 1.82) is 0 Å². The summed E-state index contributed by atoms with van der Waals surface area (Å²) in [7, 11) is -3.89. The first-order valence-electron chi connectivity index (χ1n) is 6.93. The fourth-order valence-corrected chi connectivity index (χ4v) is 3.33. The van der Waals surface area contributed by atoms with Gasteiger partial charge in [0.25, 0.3) is 5.91 Å². The summed E-state index contributed by atoms with van der Waals surface area (Å²) in [4.78, 5) is 14.3. The highest BCUT2D eigenvalue weighted by molar-refractivity contribution is 7.89. The lowest BCUT2D eigenvalue weighted by molar-refractivity contribution is 0.0760. The van der Waals surface area contributed by atoms with Crippen LogP contribution in [0.2, 0.25) is 5.02 Å². The van der Waals surface area contributed by atoms with E-state index in [-0.39, 0.29) is 15.8 Å². The van der Waals surface area contributed by atoms with E-state index in [1.807, 2.05) is 0 Å². The van der Waals surface area contributed by atoms with E-state index in [2.05, 4.69) is 0 Å². The molecule has 0 unspecified atom stereocenters. The highest BCUT2D eigenvalue weighted by Crippen LogP contribution is 2.25. The molecular weight excluding hydrogens is 312 g/mol. The van der Waals surface area contributed by atoms with Crippen LogP contribution in [0.5, 0.6) is 0 Å². The van der Waals surface area contributed by atoms with Crippen molar-refractivity contribution in [2.24, 2.45) is 5.14 Å². The Hall–Kier alpha value is -1.11. The molecule has 1 saturated heterocycles. The van der Waals surface area contributed by atoms with E-state index in [4.69, 9.17) is 16.7 Å². The Bertz CT molecular complexity index is 650. The molecule has 0 saturated carbocycles. The fraction of sp³-hybridized carbons (Fsp3) is 0.500. The summed E-state index contributed by atoms with van der Waals surface area (Å²) < 4.78 is 23.0. The fourth-order valence-electron chi connectivity index (χ4n) is 2.48. The number of likely N-dealkylation sites (tertiary alicyclic amines) is 1. The maximum atomic E-state index is 12.6. The van der Waals surface area contributed by atoms with Crippen LogP contribution in [0.3, 0.4) is 0 Å². The first-order chi connectivity index (χ1) is 9.80. The number of amides is 1. The molecular formula is C14H19ClN2O3S. The normalized spacial score (nSPS) is 16.6. The number of halogens is 1. The second-order valence-corrected chi connectivity index (χ2v) is 7.30. The zero-order chi connectivity index (χ0) is 15.6. The molecule has 1 amide bonds. The molecule has 0 aromatic heterocycles. The van der Waals surface area contributed by atoms with Gasteiger partial charge in [-0.25, -0.2) is 13.6 Å². The molecule has 2 N–H and O–H groups in total. The van der Waals surface area contributed by atoms with Gasteiger partial charge < -0.3 is 4.90 Å².